The molecule has 1 aliphatic carbocycles. The molecule has 1 aliphatic rings. The van der Waals surface area contributed by atoms with Gasteiger partial charge < -0.3 is 10.6 Å². The van der Waals surface area contributed by atoms with Crippen LogP contribution in [0, 0.1) is 0 Å². The Bertz CT molecular complexity index is 504. The van der Waals surface area contributed by atoms with Crippen LogP contribution in [0.15, 0.2) is 12.4 Å². The molecule has 1 fully saturated rings. The smallest absolute Gasteiger partial charge is 0.254 e. The highest BCUT2D eigenvalue weighted by Gasteiger charge is 2.16. The van der Waals surface area contributed by atoms with Crippen LogP contribution in [0.4, 0.5) is 0 Å². The van der Waals surface area contributed by atoms with Crippen LogP contribution in [0.2, 0.25) is 0 Å². The van der Waals surface area contributed by atoms with Crippen molar-refractivity contribution in [2.24, 2.45) is 0 Å². The molecule has 0 aromatic carbocycles. The number of hydrogen-bond acceptors (Lipinski definition) is 3. The Morgan fingerprint density at radius 2 is 2.05 bits per heavy atom. The highest BCUT2D eigenvalue weighted by Crippen LogP contribution is 2.17. The molecule has 0 saturated heterocycles. The zero-order valence-electron chi connectivity index (χ0n) is 13.5. The number of carbonyl (C=O) groups excluding carboxylic acids is 2. The van der Waals surface area contributed by atoms with Crippen LogP contribution in [-0.4, -0.2) is 34.2 Å². The largest absolute Gasteiger partial charge is 0.353 e. The molecule has 0 bridgehead atoms. The van der Waals surface area contributed by atoms with Gasteiger partial charge in [0, 0.05) is 31.2 Å². The van der Waals surface area contributed by atoms with Crippen molar-refractivity contribution < 1.29 is 9.59 Å². The SMILES string of the molecule is CC(C)n1cc(C(=O)NCCC(=O)NC2CCCCC2)cn1. The summed E-state index contributed by atoms with van der Waals surface area (Å²) in [6.45, 7) is 4.36. The second-order valence-electron chi connectivity index (χ2n) is 6.21. The average Bonchev–Trinajstić information content (AvgIpc) is 2.98. The lowest BCUT2D eigenvalue weighted by Gasteiger charge is -2.22. The molecule has 0 aliphatic heterocycles. The molecule has 1 aromatic rings. The third kappa shape index (κ3) is 4.86. The number of rotatable bonds is 6. The second kappa shape index (κ2) is 7.96. The van der Waals surface area contributed by atoms with E-state index in [4.69, 9.17) is 0 Å². The minimum atomic E-state index is -0.183. The Kier molecular flexibility index (Phi) is 5.98. The van der Waals surface area contributed by atoms with Gasteiger partial charge in [0.25, 0.3) is 5.91 Å². The van der Waals surface area contributed by atoms with Crippen LogP contribution < -0.4 is 10.6 Å². The first-order valence-corrected chi connectivity index (χ1v) is 8.18. The van der Waals surface area contributed by atoms with E-state index in [1.165, 1.54) is 19.3 Å². The van der Waals surface area contributed by atoms with Gasteiger partial charge in [-0.05, 0) is 26.7 Å². The van der Waals surface area contributed by atoms with Crippen molar-refractivity contribution in [2.75, 3.05) is 6.54 Å². The summed E-state index contributed by atoms with van der Waals surface area (Å²) in [5.41, 5.74) is 0.529. The number of nitrogens with one attached hydrogen (secondary N) is 2. The Morgan fingerprint density at radius 3 is 2.68 bits per heavy atom. The summed E-state index contributed by atoms with van der Waals surface area (Å²) in [5.74, 6) is -0.164. The predicted molar refractivity (Wildman–Crippen MR) is 84.6 cm³/mol. The van der Waals surface area contributed by atoms with E-state index in [-0.39, 0.29) is 17.9 Å². The summed E-state index contributed by atoms with van der Waals surface area (Å²) in [6, 6.07) is 0.545. The first-order chi connectivity index (χ1) is 10.6. The van der Waals surface area contributed by atoms with Crippen LogP contribution >= 0.6 is 0 Å². The number of hydrogen-bond donors (Lipinski definition) is 2. The van der Waals surface area contributed by atoms with E-state index in [0.29, 0.717) is 24.6 Å². The zero-order chi connectivity index (χ0) is 15.9. The monoisotopic (exact) mass is 306 g/mol. The van der Waals surface area contributed by atoms with Crippen LogP contribution in [0.1, 0.15) is 68.8 Å². The maximum Gasteiger partial charge on any atom is 0.254 e. The number of carbonyl (C=O) groups is 2. The quantitative estimate of drug-likeness (QED) is 0.844. The zero-order valence-corrected chi connectivity index (χ0v) is 13.5. The van der Waals surface area contributed by atoms with E-state index in [9.17, 15) is 9.59 Å². The Balaban J connectivity index is 1.68. The molecule has 6 heteroatoms. The molecule has 1 aromatic heterocycles. The lowest BCUT2D eigenvalue weighted by atomic mass is 9.95. The van der Waals surface area contributed by atoms with Crippen molar-refractivity contribution in [3.8, 4) is 0 Å². The summed E-state index contributed by atoms with van der Waals surface area (Å²) in [7, 11) is 0. The Morgan fingerprint density at radius 1 is 1.32 bits per heavy atom. The minimum absolute atomic E-state index is 0.0186. The van der Waals surface area contributed by atoms with Crippen molar-refractivity contribution in [1.29, 1.82) is 0 Å². The fraction of sp³-hybridized carbons (Fsp3) is 0.688. The highest BCUT2D eigenvalue weighted by atomic mass is 16.2. The molecule has 1 heterocycles. The van der Waals surface area contributed by atoms with Crippen molar-refractivity contribution in [1.82, 2.24) is 20.4 Å². The minimum Gasteiger partial charge on any atom is -0.353 e. The third-order valence-corrected chi connectivity index (χ3v) is 4.00. The fourth-order valence-electron chi connectivity index (χ4n) is 2.68. The van der Waals surface area contributed by atoms with E-state index in [1.807, 2.05) is 13.8 Å². The lowest BCUT2D eigenvalue weighted by Crippen LogP contribution is -2.38. The Labute approximate surface area is 131 Å². The predicted octanol–water partition coefficient (Wildman–Crippen LogP) is 2.03. The number of nitrogens with zero attached hydrogens (tertiary/aromatic N) is 2. The number of amides is 2. The van der Waals surface area contributed by atoms with Gasteiger partial charge in [-0.15, -0.1) is 0 Å². The van der Waals surface area contributed by atoms with Gasteiger partial charge >= 0.3 is 0 Å². The molecule has 2 N–H and O–H groups in total. The van der Waals surface area contributed by atoms with Gasteiger partial charge in [0.2, 0.25) is 5.91 Å². The van der Waals surface area contributed by atoms with Crippen molar-refractivity contribution in [3.05, 3.63) is 18.0 Å². The van der Waals surface area contributed by atoms with Gasteiger partial charge in [0.1, 0.15) is 0 Å². The van der Waals surface area contributed by atoms with E-state index in [1.54, 1.807) is 17.1 Å². The second-order valence-corrected chi connectivity index (χ2v) is 6.21. The summed E-state index contributed by atoms with van der Waals surface area (Å²) < 4.78 is 1.74. The van der Waals surface area contributed by atoms with Crippen LogP contribution in [-0.2, 0) is 4.79 Å². The molecule has 122 valence electrons. The molecule has 6 nitrogen and oxygen atoms in total. The van der Waals surface area contributed by atoms with E-state index in [0.717, 1.165) is 12.8 Å². The van der Waals surface area contributed by atoms with Gasteiger partial charge in [0.15, 0.2) is 0 Å². The fourth-order valence-corrected chi connectivity index (χ4v) is 2.68. The van der Waals surface area contributed by atoms with Crippen LogP contribution in [0.25, 0.3) is 0 Å². The molecule has 0 radical (unpaired) electrons. The van der Waals surface area contributed by atoms with Gasteiger partial charge in [-0.25, -0.2) is 0 Å². The van der Waals surface area contributed by atoms with E-state index in [2.05, 4.69) is 15.7 Å². The van der Waals surface area contributed by atoms with E-state index < -0.39 is 0 Å². The third-order valence-electron chi connectivity index (χ3n) is 4.00. The molecule has 0 spiro atoms. The molecular weight excluding hydrogens is 280 g/mol. The van der Waals surface area contributed by atoms with E-state index >= 15 is 0 Å². The van der Waals surface area contributed by atoms with Crippen molar-refractivity contribution in [3.63, 3.8) is 0 Å². The summed E-state index contributed by atoms with van der Waals surface area (Å²) in [5, 5.41) is 9.94. The van der Waals surface area contributed by atoms with Crippen molar-refractivity contribution in [2.45, 2.75) is 64.5 Å². The van der Waals surface area contributed by atoms with Crippen LogP contribution in [0.3, 0.4) is 0 Å². The Hall–Kier alpha value is -1.85. The molecule has 1 saturated carbocycles. The van der Waals surface area contributed by atoms with Gasteiger partial charge in [0.05, 0.1) is 11.8 Å². The van der Waals surface area contributed by atoms with Gasteiger partial charge in [-0.1, -0.05) is 19.3 Å². The average molecular weight is 306 g/mol. The summed E-state index contributed by atoms with van der Waals surface area (Å²) in [4.78, 5) is 23.8. The molecule has 0 unspecified atom stereocenters. The lowest BCUT2D eigenvalue weighted by molar-refractivity contribution is -0.121. The normalized spacial score (nSPS) is 15.8. The molecular formula is C16H26N4O2. The molecule has 22 heavy (non-hydrogen) atoms. The summed E-state index contributed by atoms with van der Waals surface area (Å²) >= 11 is 0. The molecule has 2 amide bonds. The van der Waals surface area contributed by atoms with Crippen LogP contribution in [0.5, 0.6) is 0 Å². The van der Waals surface area contributed by atoms with Gasteiger partial charge in [-0.3, -0.25) is 14.3 Å². The molecule has 2 rings (SSSR count). The maximum absolute atomic E-state index is 12.0. The van der Waals surface area contributed by atoms with Gasteiger partial charge in [-0.2, -0.15) is 5.10 Å². The maximum atomic E-state index is 12.0. The van der Waals surface area contributed by atoms with Crippen molar-refractivity contribution >= 4 is 11.8 Å². The highest BCUT2D eigenvalue weighted by molar-refractivity contribution is 5.93. The first kappa shape index (κ1) is 16.5. The number of aromatic nitrogens is 2. The first-order valence-electron chi connectivity index (χ1n) is 8.18. The molecule has 0 atom stereocenters. The topological polar surface area (TPSA) is 76.0 Å². The standard InChI is InChI=1S/C16H26N4O2/c1-12(2)20-11-13(10-18-20)16(22)17-9-8-15(21)19-14-6-4-3-5-7-14/h10-12,14H,3-9H2,1-2H3,(H,17,22)(H,19,21). The summed E-state index contributed by atoms with van der Waals surface area (Å²) in [6.07, 6.45) is 9.41.